The normalized spacial score (nSPS) is 10.8. The first kappa shape index (κ1) is 19.0. The number of phenolic OH excluding ortho intramolecular Hbond substituents is 2. The fraction of sp³-hybridized carbons (Fsp3) is 0.188. The number of hydrogen-bond acceptors (Lipinski definition) is 5. The minimum Gasteiger partial charge on any atom is -0.508 e. The fourth-order valence-corrected chi connectivity index (χ4v) is 2.48. The zero-order valence-corrected chi connectivity index (χ0v) is 13.1. The molecule has 1 radical (unpaired) electrons. The summed E-state index contributed by atoms with van der Waals surface area (Å²) in [5, 5.41) is 33.0. The van der Waals surface area contributed by atoms with Gasteiger partial charge >= 0.3 is 5.97 Å². The molecule has 0 heterocycles. The monoisotopic (exact) mass is 365 g/mol. The number of aromatic hydroxyl groups is 2. The first-order valence-electron chi connectivity index (χ1n) is 6.79. The molecule has 2 rings (SSSR count). The van der Waals surface area contributed by atoms with Gasteiger partial charge in [0.05, 0.1) is 0 Å². The molecule has 0 unspecified atom stereocenters. The van der Waals surface area contributed by atoms with Gasteiger partial charge in [-0.2, -0.15) is 0 Å². The number of nitrogens with one attached hydrogen (secondary N) is 1. The molecule has 0 aliphatic heterocycles. The van der Waals surface area contributed by atoms with E-state index in [1.54, 1.807) is 24.3 Å². The van der Waals surface area contributed by atoms with Crippen molar-refractivity contribution in [2.75, 3.05) is 13.1 Å². The van der Waals surface area contributed by atoms with Crippen LogP contribution < -0.4 is 11.1 Å². The van der Waals surface area contributed by atoms with Crippen LogP contribution in [0.2, 0.25) is 0 Å². The molecule has 6 nitrogen and oxygen atoms in total. The Balaban J connectivity index is 0.00000264. The molecule has 2 aromatic carbocycles. The van der Waals surface area contributed by atoms with Gasteiger partial charge in [0.2, 0.25) is 0 Å². The molecule has 6 N–H and O–H groups in total. The second-order valence-electron chi connectivity index (χ2n) is 4.80. The summed E-state index contributed by atoms with van der Waals surface area (Å²) >= 11 is 0. The van der Waals surface area contributed by atoms with Crippen LogP contribution in [0.1, 0.15) is 11.1 Å². The van der Waals surface area contributed by atoms with E-state index in [9.17, 15) is 20.1 Å². The third kappa shape index (κ3) is 3.48. The molecule has 127 valence electrons. The number of rotatable bonds is 6. The molecule has 0 bridgehead atoms. The molecule has 0 spiro atoms. The zero-order valence-electron chi connectivity index (χ0n) is 12.2. The van der Waals surface area contributed by atoms with Crippen LogP contribution >= 0.6 is 0 Å². The van der Waals surface area contributed by atoms with Crippen LogP contribution in [0.4, 0.5) is 0 Å². The average Bonchev–Trinajstić information content (AvgIpc) is 2.50. The van der Waals surface area contributed by atoms with E-state index in [1.807, 2.05) is 0 Å². The maximum atomic E-state index is 12.1. The van der Waals surface area contributed by atoms with Crippen molar-refractivity contribution in [3.05, 3.63) is 59.7 Å². The van der Waals surface area contributed by atoms with Crippen LogP contribution in [0.3, 0.4) is 0 Å². The van der Waals surface area contributed by atoms with Crippen LogP contribution in [0, 0.1) is 0 Å². The van der Waals surface area contributed by atoms with Crippen LogP contribution in [0.5, 0.6) is 11.5 Å². The SMILES string of the molecule is NCCNC(C(=O)O)(c1ccccc1O)c1ccccc1O.[Cu]. The summed E-state index contributed by atoms with van der Waals surface area (Å²) in [5.74, 6) is -1.61. The molecular weight excluding hydrogens is 348 g/mol. The Morgan fingerprint density at radius 2 is 1.43 bits per heavy atom. The molecule has 0 aliphatic rings. The molecule has 23 heavy (non-hydrogen) atoms. The van der Waals surface area contributed by atoms with Gasteiger partial charge in [0.15, 0.2) is 5.54 Å². The molecule has 0 atom stereocenters. The molecule has 0 fully saturated rings. The van der Waals surface area contributed by atoms with Crippen LogP contribution in [-0.2, 0) is 27.4 Å². The van der Waals surface area contributed by atoms with Gasteiger partial charge in [0, 0.05) is 41.3 Å². The van der Waals surface area contributed by atoms with E-state index in [-0.39, 0.29) is 52.8 Å². The first-order valence-corrected chi connectivity index (χ1v) is 6.79. The van der Waals surface area contributed by atoms with Gasteiger partial charge in [0.25, 0.3) is 0 Å². The number of phenols is 2. The minimum atomic E-state index is -1.80. The van der Waals surface area contributed by atoms with Gasteiger partial charge in [-0.3, -0.25) is 5.32 Å². The van der Waals surface area contributed by atoms with Crippen LogP contribution in [-0.4, -0.2) is 34.4 Å². The van der Waals surface area contributed by atoms with E-state index >= 15 is 0 Å². The van der Waals surface area contributed by atoms with Gasteiger partial charge in [-0.25, -0.2) is 4.79 Å². The summed E-state index contributed by atoms with van der Waals surface area (Å²) in [6.45, 7) is 0.394. The van der Waals surface area contributed by atoms with E-state index in [1.165, 1.54) is 24.3 Å². The summed E-state index contributed by atoms with van der Waals surface area (Å²) in [6, 6.07) is 12.2. The van der Waals surface area contributed by atoms with Crippen molar-refractivity contribution >= 4 is 5.97 Å². The zero-order chi connectivity index (χ0) is 16.2. The molecule has 2 aromatic rings. The van der Waals surface area contributed by atoms with E-state index in [0.29, 0.717) is 0 Å². The van der Waals surface area contributed by atoms with Gasteiger partial charge in [-0.1, -0.05) is 36.4 Å². The standard InChI is InChI=1S/C16H18N2O4.Cu/c17-9-10-18-16(15(21)22,11-5-1-3-7-13(11)19)12-6-2-4-8-14(12)20;/h1-8,18-20H,9-10,17H2,(H,21,22);. The Bertz CT molecular complexity index is 633. The van der Waals surface area contributed by atoms with Gasteiger partial charge in [-0.15, -0.1) is 0 Å². The predicted molar refractivity (Wildman–Crippen MR) is 81.7 cm³/mol. The number of carboxylic acids is 1. The number of aliphatic carboxylic acids is 1. The van der Waals surface area contributed by atoms with E-state index in [4.69, 9.17) is 5.73 Å². The molecule has 0 aromatic heterocycles. The Labute approximate surface area is 144 Å². The third-order valence-corrected chi connectivity index (χ3v) is 3.47. The maximum absolute atomic E-state index is 12.1. The largest absolute Gasteiger partial charge is 0.508 e. The van der Waals surface area contributed by atoms with E-state index < -0.39 is 11.5 Å². The summed E-state index contributed by atoms with van der Waals surface area (Å²) in [7, 11) is 0. The van der Waals surface area contributed by atoms with E-state index in [2.05, 4.69) is 5.32 Å². The summed E-state index contributed by atoms with van der Waals surface area (Å²) in [5.41, 5.74) is 3.97. The van der Waals surface area contributed by atoms with Crippen molar-refractivity contribution in [1.82, 2.24) is 5.32 Å². The fourth-order valence-electron chi connectivity index (χ4n) is 2.48. The average molecular weight is 366 g/mol. The van der Waals surface area contributed by atoms with Gasteiger partial charge < -0.3 is 21.1 Å². The van der Waals surface area contributed by atoms with E-state index in [0.717, 1.165) is 0 Å². The number of carboxylic acid groups (broad SMARTS) is 1. The van der Waals surface area contributed by atoms with Crippen molar-refractivity contribution in [2.45, 2.75) is 5.54 Å². The molecular formula is C16H18CuN2O4. The Kier molecular flexibility index (Phi) is 6.60. The number of carbonyl (C=O) groups is 1. The van der Waals surface area contributed by atoms with Gasteiger partial charge in [-0.05, 0) is 12.1 Å². The second-order valence-corrected chi connectivity index (χ2v) is 4.80. The molecule has 7 heteroatoms. The van der Waals surface area contributed by atoms with Crippen molar-refractivity contribution < 1.29 is 37.2 Å². The smallest absolute Gasteiger partial charge is 0.333 e. The van der Waals surface area contributed by atoms with Crippen molar-refractivity contribution in [3.63, 3.8) is 0 Å². The van der Waals surface area contributed by atoms with Crippen molar-refractivity contribution in [1.29, 1.82) is 0 Å². The molecule has 0 saturated carbocycles. The molecule has 0 saturated heterocycles. The number of hydrogen-bond donors (Lipinski definition) is 5. The number of benzene rings is 2. The summed E-state index contributed by atoms with van der Waals surface area (Å²) in [4.78, 5) is 12.1. The quantitative estimate of drug-likeness (QED) is 0.487. The van der Waals surface area contributed by atoms with Crippen molar-refractivity contribution in [2.24, 2.45) is 5.73 Å². The summed E-state index contributed by atoms with van der Waals surface area (Å²) < 4.78 is 0. The third-order valence-electron chi connectivity index (χ3n) is 3.47. The Morgan fingerprint density at radius 3 is 1.78 bits per heavy atom. The summed E-state index contributed by atoms with van der Waals surface area (Å²) in [6.07, 6.45) is 0. The van der Waals surface area contributed by atoms with Crippen LogP contribution in [0.25, 0.3) is 0 Å². The predicted octanol–water partition coefficient (Wildman–Crippen LogP) is 0.972. The minimum absolute atomic E-state index is 0. The first-order chi connectivity index (χ1) is 10.5. The second kappa shape index (κ2) is 7.99. The molecule has 0 amide bonds. The number of nitrogens with two attached hydrogens (primary N) is 1. The topological polar surface area (TPSA) is 116 Å². The Morgan fingerprint density at radius 1 is 1.00 bits per heavy atom. The van der Waals surface area contributed by atoms with Crippen LogP contribution in [0.15, 0.2) is 48.5 Å². The Hall–Kier alpha value is -2.05. The van der Waals surface area contributed by atoms with Gasteiger partial charge in [0.1, 0.15) is 11.5 Å². The maximum Gasteiger partial charge on any atom is 0.333 e. The van der Waals surface area contributed by atoms with Crippen molar-refractivity contribution in [3.8, 4) is 11.5 Å². The molecule has 0 aliphatic carbocycles. The number of para-hydroxylation sites is 2.